The molecule has 0 aromatic heterocycles. The molecule has 3 aromatic rings. The maximum absolute atomic E-state index is 11.5. The van der Waals surface area contributed by atoms with E-state index in [0.29, 0.717) is 45.7 Å². The van der Waals surface area contributed by atoms with Crippen LogP contribution in [-0.2, 0) is 21.7 Å². The highest BCUT2D eigenvalue weighted by Gasteiger charge is 2.44. The van der Waals surface area contributed by atoms with E-state index in [2.05, 4.69) is 19.0 Å². The molecule has 3 atom stereocenters. The third-order valence-corrected chi connectivity index (χ3v) is 7.80. The van der Waals surface area contributed by atoms with Gasteiger partial charge in [0.2, 0.25) is 0 Å². The van der Waals surface area contributed by atoms with E-state index in [9.17, 15) is 15.0 Å². The van der Waals surface area contributed by atoms with Crippen molar-refractivity contribution >= 4 is 34.9 Å². The Morgan fingerprint density at radius 3 is 2.43 bits per heavy atom. The van der Waals surface area contributed by atoms with Gasteiger partial charge < -0.3 is 19.8 Å². The second kappa shape index (κ2) is 10.0. The van der Waals surface area contributed by atoms with Gasteiger partial charge in [0, 0.05) is 5.56 Å². The number of aryl methyl sites for hydroxylation is 1. The fourth-order valence-corrected chi connectivity index (χ4v) is 5.72. The second-order valence-electron chi connectivity index (χ2n) is 9.87. The average molecular weight is 540 g/mol. The van der Waals surface area contributed by atoms with Gasteiger partial charge in [-0.2, -0.15) is 0 Å². The van der Waals surface area contributed by atoms with Crippen LogP contribution in [0.15, 0.2) is 65.8 Å². The van der Waals surface area contributed by atoms with E-state index >= 15 is 0 Å². The van der Waals surface area contributed by atoms with Crippen LogP contribution >= 0.6 is 23.2 Å². The van der Waals surface area contributed by atoms with Gasteiger partial charge in [-0.3, -0.25) is 0 Å². The topological polar surface area (TPSA) is 88.4 Å². The summed E-state index contributed by atoms with van der Waals surface area (Å²) < 4.78 is 6.18. The minimum Gasteiger partial charge on any atom is -0.493 e. The summed E-state index contributed by atoms with van der Waals surface area (Å²) in [5.41, 5.74) is 2.79. The average Bonchev–Trinajstić information content (AvgIpc) is 3.45. The quantitative estimate of drug-likeness (QED) is 0.366. The van der Waals surface area contributed by atoms with Gasteiger partial charge in [0.25, 0.3) is 0 Å². The van der Waals surface area contributed by atoms with Gasteiger partial charge in [0.1, 0.15) is 24.2 Å². The number of rotatable bonds is 7. The van der Waals surface area contributed by atoms with E-state index in [1.54, 1.807) is 24.3 Å². The molecule has 0 bridgehead atoms. The Balaban J connectivity index is 1.32. The largest absolute Gasteiger partial charge is 0.493 e. The molecule has 0 fully saturated rings. The molecule has 3 unspecified atom stereocenters. The number of ether oxygens (including phenoxy) is 1. The third-order valence-electron chi connectivity index (χ3n) is 7.17. The van der Waals surface area contributed by atoms with Crippen LogP contribution in [0.1, 0.15) is 37.0 Å². The first-order chi connectivity index (χ1) is 17.7. The Morgan fingerprint density at radius 1 is 1.11 bits per heavy atom. The molecule has 0 saturated carbocycles. The Kier molecular flexibility index (Phi) is 6.92. The molecule has 5 rings (SSSR count). The maximum atomic E-state index is 11.5. The number of fused-ring (bicyclic) bond motifs is 1. The summed E-state index contributed by atoms with van der Waals surface area (Å²) >= 11 is 12.9. The van der Waals surface area contributed by atoms with E-state index in [0.717, 1.165) is 16.7 Å². The van der Waals surface area contributed by atoms with Crippen LogP contribution in [0, 0.1) is 11.8 Å². The molecule has 6 nitrogen and oxygen atoms in total. The summed E-state index contributed by atoms with van der Waals surface area (Å²) in [5, 5.41) is 25.3. The second-order valence-corrected chi connectivity index (χ2v) is 10.7. The number of hydrogen-bond acceptors (Lipinski definition) is 5. The fourth-order valence-electron chi connectivity index (χ4n) is 5.13. The van der Waals surface area contributed by atoms with Gasteiger partial charge in [-0.1, -0.05) is 78.6 Å². The molecular weight excluding hydrogens is 513 g/mol. The van der Waals surface area contributed by atoms with Gasteiger partial charge in [-0.15, -0.1) is 0 Å². The summed E-state index contributed by atoms with van der Waals surface area (Å²) in [6.07, 6.45) is 0.533. The van der Waals surface area contributed by atoms with E-state index in [1.165, 1.54) is 0 Å². The Labute approximate surface area is 225 Å². The molecule has 1 aliphatic carbocycles. The molecule has 37 heavy (non-hydrogen) atoms. The Hall–Kier alpha value is -3.06. The lowest BCUT2D eigenvalue weighted by Crippen LogP contribution is -2.33. The number of hydrogen-bond donors (Lipinski definition) is 2. The minimum absolute atomic E-state index is 0.151. The number of nitrogens with zero attached hydrogens (tertiary/aromatic N) is 1. The number of carboxylic acid groups (broad SMARTS) is 1. The molecule has 1 heterocycles. The summed E-state index contributed by atoms with van der Waals surface area (Å²) in [7, 11) is 0. The van der Waals surface area contributed by atoms with Crippen molar-refractivity contribution in [2.24, 2.45) is 17.0 Å². The zero-order chi connectivity index (χ0) is 26.3. The van der Waals surface area contributed by atoms with Crippen molar-refractivity contribution in [3.05, 3.63) is 87.4 Å². The van der Waals surface area contributed by atoms with Crippen molar-refractivity contribution in [3.8, 4) is 16.9 Å². The van der Waals surface area contributed by atoms with Crippen LogP contribution < -0.4 is 4.74 Å². The zero-order valence-corrected chi connectivity index (χ0v) is 22.0. The number of aliphatic hydroxyl groups is 1. The smallest absolute Gasteiger partial charge is 0.340 e. The molecule has 192 valence electrons. The van der Waals surface area contributed by atoms with Crippen molar-refractivity contribution in [2.75, 3.05) is 6.61 Å². The lowest BCUT2D eigenvalue weighted by Gasteiger charge is -2.23. The standard InChI is InChI=1S/C29H27Cl2NO5/c1-16(2)27-21(26(32-37-27)25-23(30)4-3-5-24(25)31)15-36-20-9-6-17(7-10-20)18-8-11-22-19(14-18)12-13-29(22,35)28(33)34/h3-11,14,16,21,27,35H,12-13,15H2,1-2H3,(H,33,34). The zero-order valence-electron chi connectivity index (χ0n) is 20.4. The predicted molar refractivity (Wildman–Crippen MR) is 143 cm³/mol. The highest BCUT2D eigenvalue weighted by molar-refractivity contribution is 6.40. The first kappa shape index (κ1) is 25.6. The third kappa shape index (κ3) is 4.70. The van der Waals surface area contributed by atoms with Crippen molar-refractivity contribution in [2.45, 2.75) is 38.4 Å². The van der Waals surface area contributed by atoms with Gasteiger partial charge >= 0.3 is 5.97 Å². The van der Waals surface area contributed by atoms with Crippen LogP contribution in [-0.4, -0.2) is 34.6 Å². The molecule has 3 aromatic carbocycles. The monoisotopic (exact) mass is 539 g/mol. The molecule has 2 N–H and O–H groups in total. The first-order valence-corrected chi connectivity index (χ1v) is 12.9. The van der Waals surface area contributed by atoms with E-state index in [1.807, 2.05) is 36.4 Å². The minimum atomic E-state index is -1.81. The molecule has 1 aliphatic heterocycles. The van der Waals surface area contributed by atoms with Crippen LogP contribution in [0.5, 0.6) is 5.75 Å². The number of carbonyl (C=O) groups is 1. The van der Waals surface area contributed by atoms with Gasteiger partial charge in [0.15, 0.2) is 5.60 Å². The van der Waals surface area contributed by atoms with Crippen LogP contribution in [0.4, 0.5) is 0 Å². The normalized spacial score (nSPS) is 22.5. The highest BCUT2D eigenvalue weighted by Crippen LogP contribution is 2.39. The Morgan fingerprint density at radius 2 is 1.78 bits per heavy atom. The van der Waals surface area contributed by atoms with Crippen LogP contribution in [0.2, 0.25) is 10.0 Å². The van der Waals surface area contributed by atoms with Crippen molar-refractivity contribution < 1.29 is 24.6 Å². The lowest BCUT2D eigenvalue weighted by molar-refractivity contribution is -0.159. The summed E-state index contributed by atoms with van der Waals surface area (Å²) in [6.45, 7) is 4.50. The number of carboxylic acids is 1. The molecule has 2 aliphatic rings. The summed E-state index contributed by atoms with van der Waals surface area (Å²) in [6, 6.07) is 18.6. The fraction of sp³-hybridized carbons (Fsp3) is 0.310. The summed E-state index contributed by atoms with van der Waals surface area (Å²) in [4.78, 5) is 17.3. The SMILES string of the molecule is CC(C)C1ON=C(c2c(Cl)cccc2Cl)C1COc1ccc(-c2ccc3c(c2)CCC3(O)C(=O)O)cc1. The van der Waals surface area contributed by atoms with Gasteiger partial charge in [-0.25, -0.2) is 4.79 Å². The number of aliphatic carboxylic acids is 1. The van der Waals surface area contributed by atoms with Crippen molar-refractivity contribution in [1.82, 2.24) is 0 Å². The van der Waals surface area contributed by atoms with E-state index in [-0.39, 0.29) is 24.4 Å². The van der Waals surface area contributed by atoms with Crippen LogP contribution in [0.25, 0.3) is 11.1 Å². The maximum Gasteiger partial charge on any atom is 0.340 e. The van der Waals surface area contributed by atoms with Crippen LogP contribution in [0.3, 0.4) is 0 Å². The molecule has 0 radical (unpaired) electrons. The van der Waals surface area contributed by atoms with Crippen molar-refractivity contribution in [3.63, 3.8) is 0 Å². The molecular formula is C29H27Cl2NO5. The van der Waals surface area contributed by atoms with Crippen molar-refractivity contribution in [1.29, 1.82) is 0 Å². The number of halogens is 2. The first-order valence-electron chi connectivity index (χ1n) is 12.2. The molecule has 0 amide bonds. The lowest BCUT2D eigenvalue weighted by atomic mass is 9.87. The van der Waals surface area contributed by atoms with Gasteiger partial charge in [-0.05, 0) is 65.3 Å². The molecule has 0 saturated heterocycles. The number of benzene rings is 3. The van der Waals surface area contributed by atoms with E-state index < -0.39 is 11.6 Å². The molecule has 0 spiro atoms. The van der Waals surface area contributed by atoms with E-state index in [4.69, 9.17) is 32.8 Å². The highest BCUT2D eigenvalue weighted by atomic mass is 35.5. The Bertz CT molecular complexity index is 1350. The van der Waals surface area contributed by atoms with Gasteiger partial charge in [0.05, 0.1) is 16.0 Å². The molecule has 8 heteroatoms. The predicted octanol–water partition coefficient (Wildman–Crippen LogP) is 6.33. The number of oxime groups is 1. The summed E-state index contributed by atoms with van der Waals surface area (Å²) in [5.74, 6) is -0.457.